The van der Waals surface area contributed by atoms with Crippen molar-refractivity contribution in [3.05, 3.63) is 71.8 Å². The van der Waals surface area contributed by atoms with Crippen molar-refractivity contribution in [1.82, 2.24) is 19.9 Å². The van der Waals surface area contributed by atoms with Crippen LogP contribution in [0.3, 0.4) is 0 Å². The highest BCUT2D eigenvalue weighted by atomic mass is 16.5. The Balaban J connectivity index is 1.51. The van der Waals surface area contributed by atoms with Crippen molar-refractivity contribution < 1.29 is 9.53 Å². The molecule has 1 saturated carbocycles. The first-order valence-corrected chi connectivity index (χ1v) is 11.7. The molecule has 2 aromatic heterocycles. The highest BCUT2D eigenvalue weighted by Gasteiger charge is 2.25. The molecule has 0 spiro atoms. The van der Waals surface area contributed by atoms with Crippen LogP contribution in [-0.4, -0.2) is 33.6 Å². The molecule has 1 amide bonds. The Morgan fingerprint density at radius 3 is 2.59 bits per heavy atom. The first-order chi connectivity index (χ1) is 16.6. The number of methoxy groups -OCH3 is 1. The van der Waals surface area contributed by atoms with E-state index in [9.17, 15) is 4.79 Å². The number of aromatic nitrogens is 3. The van der Waals surface area contributed by atoms with Crippen LogP contribution in [0.2, 0.25) is 0 Å². The Labute approximate surface area is 200 Å². The van der Waals surface area contributed by atoms with E-state index < -0.39 is 6.04 Å². The number of carbonyl (C=O) groups excluding carboxylic acids is 1. The van der Waals surface area contributed by atoms with Gasteiger partial charge in [-0.15, -0.1) is 0 Å². The summed E-state index contributed by atoms with van der Waals surface area (Å²) in [6.45, 7) is 7.49. The smallest absolute Gasteiger partial charge is 0.320 e. The molecule has 1 aliphatic rings. The van der Waals surface area contributed by atoms with Crippen LogP contribution in [0.25, 0.3) is 10.7 Å². The van der Waals surface area contributed by atoms with Crippen molar-refractivity contribution in [2.45, 2.75) is 51.1 Å². The lowest BCUT2D eigenvalue weighted by Gasteiger charge is -2.27. The Kier molecular flexibility index (Phi) is 7.76. The second-order valence-corrected chi connectivity index (χ2v) is 8.62. The van der Waals surface area contributed by atoms with Crippen molar-refractivity contribution >= 4 is 17.4 Å². The van der Waals surface area contributed by atoms with Crippen LogP contribution in [0.15, 0.2) is 54.9 Å². The lowest BCUT2D eigenvalue weighted by molar-refractivity contribution is -0.122. The van der Waals surface area contributed by atoms with Gasteiger partial charge in [0.1, 0.15) is 17.7 Å². The molecule has 176 valence electrons. The molecule has 1 unspecified atom stereocenters. The van der Waals surface area contributed by atoms with Gasteiger partial charge in [-0.25, -0.2) is 4.85 Å². The van der Waals surface area contributed by atoms with E-state index in [1.54, 1.807) is 12.1 Å². The highest BCUT2D eigenvalue weighted by molar-refractivity contribution is 5.84. The molecule has 8 heteroatoms. The number of rotatable bonds is 9. The largest absolute Gasteiger partial charge is 0.467 e. The van der Waals surface area contributed by atoms with Crippen LogP contribution in [0.5, 0.6) is 6.01 Å². The van der Waals surface area contributed by atoms with Gasteiger partial charge in [0.15, 0.2) is 5.69 Å². The maximum atomic E-state index is 13.3. The molecule has 8 nitrogen and oxygen atoms in total. The summed E-state index contributed by atoms with van der Waals surface area (Å²) in [6, 6.07) is 12.8. The van der Waals surface area contributed by atoms with Gasteiger partial charge < -0.3 is 19.9 Å². The second kappa shape index (κ2) is 11.3. The molecule has 2 N–H and O–H groups in total. The molecule has 2 heterocycles. The average Bonchev–Trinajstić information content (AvgIpc) is 3.43. The minimum atomic E-state index is -0.428. The molecule has 0 saturated heterocycles. The zero-order valence-corrected chi connectivity index (χ0v) is 19.4. The van der Waals surface area contributed by atoms with Gasteiger partial charge in [-0.3, -0.25) is 4.79 Å². The van der Waals surface area contributed by atoms with E-state index in [2.05, 4.69) is 25.4 Å². The van der Waals surface area contributed by atoms with Crippen molar-refractivity contribution in [2.75, 3.05) is 12.4 Å². The van der Waals surface area contributed by atoms with E-state index in [4.69, 9.17) is 11.3 Å². The topological polar surface area (TPSA) is 85.4 Å². The molecular formula is C26H30N6O2. The zero-order chi connectivity index (χ0) is 23.8. The van der Waals surface area contributed by atoms with Gasteiger partial charge in [-0.05, 0) is 30.0 Å². The summed E-state index contributed by atoms with van der Waals surface area (Å²) >= 11 is 0. The van der Waals surface area contributed by atoms with Gasteiger partial charge in [0, 0.05) is 25.0 Å². The molecule has 3 aromatic rings. The van der Waals surface area contributed by atoms with Crippen LogP contribution in [0.1, 0.15) is 44.1 Å². The molecule has 0 radical (unpaired) electrons. The van der Waals surface area contributed by atoms with Crippen molar-refractivity contribution in [2.24, 2.45) is 5.92 Å². The van der Waals surface area contributed by atoms with E-state index >= 15 is 0 Å². The van der Waals surface area contributed by atoms with Gasteiger partial charge in [-0.2, -0.15) is 9.97 Å². The van der Waals surface area contributed by atoms with Crippen molar-refractivity contribution in [3.8, 4) is 11.8 Å². The zero-order valence-electron chi connectivity index (χ0n) is 19.4. The summed E-state index contributed by atoms with van der Waals surface area (Å²) in [7, 11) is 1.53. The Hall–Kier alpha value is -3.86. The predicted molar refractivity (Wildman–Crippen MR) is 131 cm³/mol. The van der Waals surface area contributed by atoms with Crippen LogP contribution < -0.4 is 15.4 Å². The van der Waals surface area contributed by atoms with E-state index in [0.717, 1.165) is 24.8 Å². The number of nitrogens with zero attached hydrogens (tertiary/aromatic N) is 4. The van der Waals surface area contributed by atoms with Crippen LogP contribution in [0, 0.1) is 12.5 Å². The molecule has 1 atom stereocenters. The normalized spacial score (nSPS) is 14.7. The third-order valence-electron chi connectivity index (χ3n) is 6.21. The fraction of sp³-hybridized carbons (Fsp3) is 0.385. The van der Waals surface area contributed by atoms with Crippen LogP contribution in [-0.2, 0) is 11.3 Å². The SMILES string of the molecule is [C-]#[N+]c1ccc(CNC(=O)C(CC2CCCCC2)Nc2cc(-n3cccc3)nc(OC)n2)cc1. The molecule has 34 heavy (non-hydrogen) atoms. The maximum Gasteiger partial charge on any atom is 0.320 e. The van der Waals surface area contributed by atoms with Crippen molar-refractivity contribution in [1.29, 1.82) is 0 Å². The first-order valence-electron chi connectivity index (χ1n) is 11.7. The summed E-state index contributed by atoms with van der Waals surface area (Å²) in [4.78, 5) is 25.6. The number of hydrogen-bond acceptors (Lipinski definition) is 5. The predicted octanol–water partition coefficient (Wildman–Crippen LogP) is 4.89. The molecule has 1 aliphatic carbocycles. The Bertz CT molecular complexity index is 1120. The van der Waals surface area contributed by atoms with Gasteiger partial charge in [-0.1, -0.05) is 56.4 Å². The highest BCUT2D eigenvalue weighted by Crippen LogP contribution is 2.28. The maximum absolute atomic E-state index is 13.3. The number of anilines is 1. The van der Waals surface area contributed by atoms with Crippen LogP contribution >= 0.6 is 0 Å². The lowest BCUT2D eigenvalue weighted by atomic mass is 9.84. The molecule has 4 rings (SSSR count). The number of nitrogens with one attached hydrogen (secondary N) is 2. The third kappa shape index (κ3) is 6.13. The van der Waals surface area contributed by atoms with Gasteiger partial charge in [0.2, 0.25) is 5.91 Å². The average molecular weight is 459 g/mol. The van der Waals surface area contributed by atoms with E-state index in [-0.39, 0.29) is 11.9 Å². The standard InChI is InChI=1S/C26H30N6O2/c1-27-21-12-10-20(11-13-21)18-28-25(33)22(16-19-8-4-3-5-9-19)29-23-17-24(31-26(30-23)34-2)32-14-6-7-15-32/h6-7,10-15,17,19,22H,3-5,8-9,16,18H2,2H3,(H,28,33)(H,29,30,31). The summed E-state index contributed by atoms with van der Waals surface area (Å²) in [5, 5.41) is 6.42. The number of hydrogen-bond donors (Lipinski definition) is 2. The fourth-order valence-corrected chi connectivity index (χ4v) is 4.36. The minimum absolute atomic E-state index is 0.0695. The Morgan fingerprint density at radius 2 is 1.91 bits per heavy atom. The second-order valence-electron chi connectivity index (χ2n) is 8.62. The summed E-state index contributed by atoms with van der Waals surface area (Å²) in [5.74, 6) is 1.64. The first kappa shape index (κ1) is 23.3. The third-order valence-corrected chi connectivity index (χ3v) is 6.21. The number of benzene rings is 1. The number of amides is 1. The quantitative estimate of drug-likeness (QED) is 0.446. The lowest BCUT2D eigenvalue weighted by Crippen LogP contribution is -2.41. The fourth-order valence-electron chi connectivity index (χ4n) is 4.36. The number of carbonyl (C=O) groups is 1. The van der Waals surface area contributed by atoms with E-state index in [1.807, 2.05) is 47.3 Å². The van der Waals surface area contributed by atoms with Crippen molar-refractivity contribution in [3.63, 3.8) is 0 Å². The molecule has 1 fully saturated rings. The summed E-state index contributed by atoms with van der Waals surface area (Å²) in [5.41, 5.74) is 1.54. The summed E-state index contributed by atoms with van der Waals surface area (Å²) < 4.78 is 7.19. The minimum Gasteiger partial charge on any atom is -0.467 e. The number of ether oxygens (including phenoxy) is 1. The van der Waals surface area contributed by atoms with E-state index in [0.29, 0.717) is 29.8 Å². The van der Waals surface area contributed by atoms with Gasteiger partial charge in [0.25, 0.3) is 0 Å². The molecular weight excluding hydrogens is 428 g/mol. The van der Waals surface area contributed by atoms with Crippen LogP contribution in [0.4, 0.5) is 11.5 Å². The molecule has 0 bridgehead atoms. The van der Waals surface area contributed by atoms with Gasteiger partial charge >= 0.3 is 6.01 Å². The monoisotopic (exact) mass is 458 g/mol. The Morgan fingerprint density at radius 1 is 1.18 bits per heavy atom. The van der Waals surface area contributed by atoms with E-state index in [1.165, 1.54) is 26.4 Å². The summed E-state index contributed by atoms with van der Waals surface area (Å²) in [6.07, 6.45) is 10.5. The molecule has 0 aliphatic heterocycles. The van der Waals surface area contributed by atoms with Gasteiger partial charge in [0.05, 0.1) is 13.7 Å². The molecule has 1 aromatic carbocycles.